The van der Waals surface area contributed by atoms with Crippen LogP contribution in [0.2, 0.25) is 0 Å². The van der Waals surface area contributed by atoms with E-state index in [-0.39, 0.29) is 30.4 Å². The highest BCUT2D eigenvalue weighted by Gasteiger charge is 2.52. The summed E-state index contributed by atoms with van der Waals surface area (Å²) in [4.78, 5) is 29.5. The van der Waals surface area contributed by atoms with E-state index < -0.39 is 0 Å². The number of likely N-dealkylation sites (tertiary alicyclic amines) is 2. The molecule has 0 saturated carbocycles. The van der Waals surface area contributed by atoms with Crippen molar-refractivity contribution in [3.05, 3.63) is 59.2 Å². The molecule has 0 aromatic heterocycles. The lowest BCUT2D eigenvalue weighted by atomic mass is 10.00. The number of benzene rings is 2. The van der Waals surface area contributed by atoms with Gasteiger partial charge in [-0.1, -0.05) is 37.3 Å². The largest absolute Gasteiger partial charge is 0.454 e. The van der Waals surface area contributed by atoms with Gasteiger partial charge in [0.15, 0.2) is 11.5 Å². The fourth-order valence-electron chi connectivity index (χ4n) is 4.54. The van der Waals surface area contributed by atoms with Gasteiger partial charge in [0.25, 0.3) is 0 Å². The van der Waals surface area contributed by atoms with Gasteiger partial charge >= 0.3 is 0 Å². The number of rotatable bonds is 5. The van der Waals surface area contributed by atoms with Crippen LogP contribution in [-0.4, -0.2) is 41.5 Å². The molecule has 0 radical (unpaired) electrons. The van der Waals surface area contributed by atoms with Gasteiger partial charge in [-0.2, -0.15) is 0 Å². The highest BCUT2D eigenvalue weighted by atomic mass is 16.7. The first kappa shape index (κ1) is 18.2. The third-order valence-electron chi connectivity index (χ3n) is 6.18. The third kappa shape index (κ3) is 3.27. The van der Waals surface area contributed by atoms with E-state index in [2.05, 4.69) is 36.1 Å². The number of carbonyl (C=O) groups excluding carboxylic acids is 2. The molecule has 29 heavy (non-hydrogen) atoms. The average Bonchev–Trinajstić information content (AvgIpc) is 3.42. The number of imide groups is 1. The van der Waals surface area contributed by atoms with Crippen molar-refractivity contribution in [2.45, 2.75) is 26.4 Å². The molecule has 6 heteroatoms. The highest BCUT2D eigenvalue weighted by Crippen LogP contribution is 2.37. The molecule has 0 unspecified atom stereocenters. The first-order chi connectivity index (χ1) is 14.1. The maximum atomic E-state index is 12.9. The van der Waals surface area contributed by atoms with Crippen molar-refractivity contribution in [3.8, 4) is 11.5 Å². The zero-order chi connectivity index (χ0) is 20.0. The van der Waals surface area contributed by atoms with Gasteiger partial charge in [-0.3, -0.25) is 19.4 Å². The summed E-state index contributed by atoms with van der Waals surface area (Å²) in [5.74, 6) is 0.801. The van der Waals surface area contributed by atoms with Gasteiger partial charge in [0.2, 0.25) is 18.6 Å². The van der Waals surface area contributed by atoms with E-state index in [1.54, 1.807) is 0 Å². The maximum absolute atomic E-state index is 12.9. The van der Waals surface area contributed by atoms with E-state index in [1.165, 1.54) is 16.0 Å². The van der Waals surface area contributed by atoms with Gasteiger partial charge < -0.3 is 9.47 Å². The molecule has 3 aliphatic heterocycles. The zero-order valence-corrected chi connectivity index (χ0v) is 16.5. The Labute approximate surface area is 170 Å². The van der Waals surface area contributed by atoms with Crippen LogP contribution in [-0.2, 0) is 29.1 Å². The summed E-state index contributed by atoms with van der Waals surface area (Å²) in [6, 6.07) is 14.1. The van der Waals surface area contributed by atoms with Crippen LogP contribution in [0.5, 0.6) is 11.5 Å². The van der Waals surface area contributed by atoms with Crippen molar-refractivity contribution in [1.82, 2.24) is 9.80 Å². The third-order valence-corrected chi connectivity index (χ3v) is 6.18. The molecular formula is C23H24N2O4. The van der Waals surface area contributed by atoms with Gasteiger partial charge in [0, 0.05) is 19.6 Å². The van der Waals surface area contributed by atoms with Gasteiger partial charge in [-0.05, 0) is 35.2 Å². The van der Waals surface area contributed by atoms with E-state index in [9.17, 15) is 9.59 Å². The molecule has 3 aliphatic rings. The Morgan fingerprint density at radius 3 is 2.14 bits per heavy atom. The number of ether oxygens (including phenoxy) is 2. The van der Waals surface area contributed by atoms with E-state index in [4.69, 9.17) is 9.47 Å². The number of fused-ring (bicyclic) bond motifs is 2. The van der Waals surface area contributed by atoms with Gasteiger partial charge in [0.05, 0.1) is 18.4 Å². The van der Waals surface area contributed by atoms with Gasteiger partial charge in [0.1, 0.15) is 0 Å². The second-order valence-corrected chi connectivity index (χ2v) is 8.03. The predicted molar refractivity (Wildman–Crippen MR) is 106 cm³/mol. The van der Waals surface area contributed by atoms with Crippen LogP contribution in [0.3, 0.4) is 0 Å². The van der Waals surface area contributed by atoms with Crippen LogP contribution in [0.1, 0.15) is 23.6 Å². The molecule has 5 rings (SSSR count). The Balaban J connectivity index is 1.24. The van der Waals surface area contributed by atoms with Crippen molar-refractivity contribution >= 4 is 11.8 Å². The smallest absolute Gasteiger partial charge is 0.234 e. The molecule has 0 spiro atoms. The second-order valence-electron chi connectivity index (χ2n) is 8.03. The lowest BCUT2D eigenvalue weighted by Gasteiger charge is -2.21. The number of hydrogen-bond donors (Lipinski definition) is 0. The fraction of sp³-hybridized carbons (Fsp3) is 0.391. The Morgan fingerprint density at radius 2 is 1.45 bits per heavy atom. The molecule has 2 amide bonds. The molecule has 3 heterocycles. The van der Waals surface area contributed by atoms with Crippen LogP contribution >= 0.6 is 0 Å². The molecule has 0 aliphatic carbocycles. The topological polar surface area (TPSA) is 59.1 Å². The van der Waals surface area contributed by atoms with Crippen LogP contribution in [0, 0.1) is 11.8 Å². The molecule has 2 saturated heterocycles. The lowest BCUT2D eigenvalue weighted by molar-refractivity contribution is -0.141. The lowest BCUT2D eigenvalue weighted by Crippen LogP contribution is -2.35. The zero-order valence-electron chi connectivity index (χ0n) is 16.5. The number of amides is 2. The predicted octanol–water partition coefficient (Wildman–Crippen LogP) is 2.59. The summed E-state index contributed by atoms with van der Waals surface area (Å²) in [7, 11) is 0. The number of carbonyl (C=O) groups is 2. The highest BCUT2D eigenvalue weighted by molar-refractivity contribution is 6.05. The molecular weight excluding hydrogens is 368 g/mol. The standard InChI is InChI=1S/C23H24N2O4/c1-2-15-3-5-16(6-4-15)10-24-12-18-19(13-24)23(27)25(22(18)26)11-17-7-8-20-21(9-17)29-14-28-20/h3-9,18-19H,2,10-14H2,1H3/t18-,19+. The first-order valence-electron chi connectivity index (χ1n) is 10.2. The summed E-state index contributed by atoms with van der Waals surface area (Å²) < 4.78 is 10.7. The molecule has 0 bridgehead atoms. The fourth-order valence-corrected chi connectivity index (χ4v) is 4.54. The van der Waals surface area contributed by atoms with E-state index in [0.29, 0.717) is 31.1 Å². The minimum atomic E-state index is -0.230. The summed E-state index contributed by atoms with van der Waals surface area (Å²) >= 11 is 0. The number of nitrogens with zero attached hydrogens (tertiary/aromatic N) is 2. The van der Waals surface area contributed by atoms with E-state index >= 15 is 0 Å². The van der Waals surface area contributed by atoms with Crippen molar-refractivity contribution in [2.24, 2.45) is 11.8 Å². The van der Waals surface area contributed by atoms with Crippen molar-refractivity contribution in [3.63, 3.8) is 0 Å². The molecule has 2 fully saturated rings. The van der Waals surface area contributed by atoms with E-state index in [1.807, 2.05) is 18.2 Å². The Morgan fingerprint density at radius 1 is 0.828 bits per heavy atom. The monoisotopic (exact) mass is 392 g/mol. The molecule has 6 nitrogen and oxygen atoms in total. The van der Waals surface area contributed by atoms with Crippen LogP contribution < -0.4 is 9.47 Å². The molecule has 2 aromatic carbocycles. The molecule has 2 aromatic rings. The van der Waals surface area contributed by atoms with Crippen molar-refractivity contribution in [2.75, 3.05) is 19.9 Å². The minimum Gasteiger partial charge on any atom is -0.454 e. The number of aryl methyl sites for hydroxylation is 1. The van der Waals surface area contributed by atoms with Crippen LogP contribution in [0.15, 0.2) is 42.5 Å². The minimum absolute atomic E-state index is 0.0542. The van der Waals surface area contributed by atoms with Crippen molar-refractivity contribution < 1.29 is 19.1 Å². The summed E-state index contributed by atoms with van der Waals surface area (Å²) in [5.41, 5.74) is 3.42. The second kappa shape index (κ2) is 7.19. The number of hydrogen-bond acceptors (Lipinski definition) is 5. The van der Waals surface area contributed by atoms with Crippen LogP contribution in [0.4, 0.5) is 0 Å². The normalized spacial score (nSPS) is 23.1. The Hall–Kier alpha value is -2.86. The Bertz CT molecular complexity index is 932. The van der Waals surface area contributed by atoms with Crippen LogP contribution in [0.25, 0.3) is 0 Å². The summed E-state index contributed by atoms with van der Waals surface area (Å²) in [6.07, 6.45) is 1.02. The maximum Gasteiger partial charge on any atom is 0.234 e. The molecule has 2 atom stereocenters. The SMILES string of the molecule is CCc1ccc(CN2C[C@@H]3C(=O)N(Cc4ccc5c(c4)OCO5)C(=O)[C@@H]3C2)cc1. The van der Waals surface area contributed by atoms with Gasteiger partial charge in [-0.25, -0.2) is 0 Å². The molecule has 150 valence electrons. The first-order valence-corrected chi connectivity index (χ1v) is 10.2. The summed E-state index contributed by atoms with van der Waals surface area (Å²) in [6.45, 7) is 4.70. The van der Waals surface area contributed by atoms with Gasteiger partial charge in [-0.15, -0.1) is 0 Å². The average molecular weight is 392 g/mol. The van der Waals surface area contributed by atoms with E-state index in [0.717, 1.165) is 18.5 Å². The van der Waals surface area contributed by atoms with Crippen molar-refractivity contribution in [1.29, 1.82) is 0 Å². The quantitative estimate of drug-likeness (QED) is 0.732. The Kier molecular flexibility index (Phi) is 4.51. The molecule has 0 N–H and O–H groups in total. The summed E-state index contributed by atoms with van der Waals surface area (Å²) in [5, 5.41) is 0.